The summed E-state index contributed by atoms with van der Waals surface area (Å²) < 4.78 is 35.8. The van der Waals surface area contributed by atoms with E-state index in [1.54, 1.807) is 30.3 Å². The first-order valence-corrected chi connectivity index (χ1v) is 12.3. The Labute approximate surface area is 198 Å². The Hall–Kier alpha value is -2.53. The third kappa shape index (κ3) is 6.29. The molecule has 0 aliphatic carbocycles. The van der Waals surface area contributed by atoms with E-state index in [0.717, 1.165) is 0 Å². The van der Waals surface area contributed by atoms with Crippen LogP contribution in [0.25, 0.3) is 0 Å². The highest BCUT2D eigenvalue weighted by Crippen LogP contribution is 2.27. The number of ether oxygens (including phenoxy) is 2. The first-order chi connectivity index (χ1) is 15.8. The lowest BCUT2D eigenvalue weighted by Crippen LogP contribution is -2.59. The summed E-state index contributed by atoms with van der Waals surface area (Å²) >= 11 is 5.84. The number of aliphatic hydroxyl groups is 1. The summed E-state index contributed by atoms with van der Waals surface area (Å²) in [7, 11) is -0.411. The lowest BCUT2D eigenvalue weighted by Gasteiger charge is -2.43. The highest BCUT2D eigenvalue weighted by molar-refractivity contribution is 7.92. The van der Waals surface area contributed by atoms with Gasteiger partial charge in [0.05, 0.1) is 31.0 Å². The van der Waals surface area contributed by atoms with Gasteiger partial charge >= 0.3 is 6.03 Å². The highest BCUT2D eigenvalue weighted by atomic mass is 35.5. The number of aliphatic hydroxyl groups excluding tert-OH is 1. The second kappa shape index (κ2) is 11.1. The van der Waals surface area contributed by atoms with Crippen LogP contribution in [0.15, 0.2) is 47.4 Å². The molecule has 9 nitrogen and oxygen atoms in total. The monoisotopic (exact) mass is 497 g/mol. The quantitative estimate of drug-likeness (QED) is 0.461. The van der Waals surface area contributed by atoms with Crippen LogP contribution in [-0.4, -0.2) is 76.2 Å². The van der Waals surface area contributed by atoms with Gasteiger partial charge in [0.1, 0.15) is 11.5 Å². The maximum Gasteiger partial charge on any atom is 0.319 e. The maximum atomic E-state index is 12.7. The number of carbonyl (C=O) groups is 1. The number of carbonyl (C=O) groups excluding carboxylic acids is 1. The van der Waals surface area contributed by atoms with Gasteiger partial charge in [0.25, 0.3) is 0 Å². The lowest BCUT2D eigenvalue weighted by atomic mass is 10.1. The van der Waals surface area contributed by atoms with E-state index in [2.05, 4.69) is 10.6 Å². The van der Waals surface area contributed by atoms with Crippen molar-refractivity contribution in [2.24, 2.45) is 0 Å². The summed E-state index contributed by atoms with van der Waals surface area (Å²) in [4.78, 5) is 14.4. The van der Waals surface area contributed by atoms with Crippen LogP contribution in [0.2, 0.25) is 5.02 Å². The van der Waals surface area contributed by atoms with E-state index in [0.29, 0.717) is 48.3 Å². The van der Waals surface area contributed by atoms with Crippen LogP contribution < -0.4 is 20.1 Å². The van der Waals surface area contributed by atoms with Gasteiger partial charge in [-0.05, 0) is 30.7 Å². The Kier molecular flexibility index (Phi) is 8.41. The van der Waals surface area contributed by atoms with Gasteiger partial charge in [0.2, 0.25) is 0 Å². The van der Waals surface area contributed by atoms with E-state index in [4.69, 9.17) is 21.1 Å². The first kappa shape index (κ1) is 25.1. The number of nitrogens with one attached hydrogen (secondary N) is 2. The molecule has 1 aliphatic rings. The molecule has 1 saturated heterocycles. The summed E-state index contributed by atoms with van der Waals surface area (Å²) in [6, 6.07) is 10.5. The number of nitrogens with zero attached hydrogens (tertiary/aromatic N) is 1. The van der Waals surface area contributed by atoms with Crippen molar-refractivity contribution < 1.29 is 27.8 Å². The molecule has 0 aromatic heterocycles. The van der Waals surface area contributed by atoms with Crippen molar-refractivity contribution in [3.8, 4) is 11.5 Å². The van der Waals surface area contributed by atoms with Crippen LogP contribution in [0.3, 0.4) is 0 Å². The zero-order chi connectivity index (χ0) is 24.0. The topological polar surface area (TPSA) is 117 Å². The Balaban J connectivity index is 1.47. The molecule has 2 aromatic carbocycles. The van der Waals surface area contributed by atoms with E-state index >= 15 is 0 Å². The van der Waals surface area contributed by atoms with Gasteiger partial charge in [-0.3, -0.25) is 4.90 Å². The molecule has 3 rings (SSSR count). The highest BCUT2D eigenvalue weighted by Gasteiger charge is 2.40. The summed E-state index contributed by atoms with van der Waals surface area (Å²) in [5.74, 6) is 1.09. The summed E-state index contributed by atoms with van der Waals surface area (Å²) in [6.07, 6.45) is 0.471. The van der Waals surface area contributed by atoms with Gasteiger partial charge in [-0.25, -0.2) is 13.2 Å². The average Bonchev–Trinajstić information content (AvgIpc) is 2.76. The fourth-order valence-corrected chi connectivity index (χ4v) is 5.38. The number of urea groups is 1. The van der Waals surface area contributed by atoms with Crippen LogP contribution in [0.4, 0.5) is 10.5 Å². The standard InChI is InChI=1S/C22H28ClN3O6S/c1-31-18-9-16(10-19(11-18)32-2)25-22(28)24-8-7-17(14-27)26-12-21(13-26)33(29,30)20-5-3-15(23)4-6-20/h3-6,9-11,17,21,27H,7-8,12-14H2,1-2H3,(H2,24,25,28)/t17-/m0/s1. The van der Waals surface area contributed by atoms with Crippen molar-refractivity contribution in [3.05, 3.63) is 47.5 Å². The largest absolute Gasteiger partial charge is 0.497 e. The number of methoxy groups -OCH3 is 2. The molecule has 0 saturated carbocycles. The number of sulfone groups is 1. The van der Waals surface area contributed by atoms with E-state index in [1.165, 1.54) is 26.4 Å². The molecule has 0 spiro atoms. The second-order valence-electron chi connectivity index (χ2n) is 7.68. The van der Waals surface area contributed by atoms with Crippen LogP contribution in [0.5, 0.6) is 11.5 Å². The molecule has 2 amide bonds. The number of rotatable bonds is 10. The zero-order valence-electron chi connectivity index (χ0n) is 18.5. The molecule has 0 bridgehead atoms. The van der Waals surface area contributed by atoms with E-state index < -0.39 is 21.1 Å². The normalized spacial score (nSPS) is 15.4. The number of halogens is 1. The SMILES string of the molecule is COc1cc(NC(=O)NCC[C@@H](CO)N2CC(S(=O)(=O)c3ccc(Cl)cc3)C2)cc(OC)c1. The number of anilines is 1. The fraction of sp³-hybridized carbons (Fsp3) is 0.409. The van der Waals surface area contributed by atoms with Crippen molar-refractivity contribution in [2.75, 3.05) is 45.8 Å². The second-order valence-corrected chi connectivity index (χ2v) is 10.3. The van der Waals surface area contributed by atoms with Crippen LogP contribution in [-0.2, 0) is 9.84 Å². The number of likely N-dealkylation sites (tertiary alicyclic amines) is 1. The molecule has 1 heterocycles. The van der Waals surface area contributed by atoms with Crippen molar-refractivity contribution in [2.45, 2.75) is 22.6 Å². The Bertz CT molecular complexity index is 1040. The number of benzene rings is 2. The average molecular weight is 498 g/mol. The predicted octanol–water partition coefficient (Wildman–Crippen LogP) is 2.39. The molecular formula is C22H28ClN3O6S. The van der Waals surface area contributed by atoms with Crippen molar-refractivity contribution in [1.82, 2.24) is 10.2 Å². The summed E-state index contributed by atoms with van der Waals surface area (Å²) in [5.41, 5.74) is 0.514. The first-order valence-electron chi connectivity index (χ1n) is 10.4. The lowest BCUT2D eigenvalue weighted by molar-refractivity contribution is 0.0696. The smallest absolute Gasteiger partial charge is 0.319 e. The molecule has 33 heavy (non-hydrogen) atoms. The minimum Gasteiger partial charge on any atom is -0.497 e. The van der Waals surface area contributed by atoms with Crippen LogP contribution in [0.1, 0.15) is 6.42 Å². The van der Waals surface area contributed by atoms with E-state index in [9.17, 15) is 18.3 Å². The molecule has 1 atom stereocenters. The van der Waals surface area contributed by atoms with E-state index in [-0.39, 0.29) is 17.5 Å². The van der Waals surface area contributed by atoms with Gasteiger partial charge in [0.15, 0.2) is 9.84 Å². The molecule has 2 aromatic rings. The van der Waals surface area contributed by atoms with Gasteiger partial charge in [0, 0.05) is 54.6 Å². The third-order valence-corrected chi connectivity index (χ3v) is 7.91. The Morgan fingerprint density at radius 2 is 1.76 bits per heavy atom. The molecule has 180 valence electrons. The van der Waals surface area contributed by atoms with Gasteiger partial charge in [-0.2, -0.15) is 0 Å². The van der Waals surface area contributed by atoms with Gasteiger partial charge in [-0.15, -0.1) is 0 Å². The van der Waals surface area contributed by atoms with Crippen LogP contribution >= 0.6 is 11.6 Å². The van der Waals surface area contributed by atoms with Crippen molar-refractivity contribution in [3.63, 3.8) is 0 Å². The Morgan fingerprint density at radius 1 is 1.15 bits per heavy atom. The van der Waals surface area contributed by atoms with Crippen molar-refractivity contribution >= 4 is 33.2 Å². The maximum absolute atomic E-state index is 12.7. The summed E-state index contributed by atoms with van der Waals surface area (Å²) in [5, 5.41) is 15.2. The molecule has 1 fully saturated rings. The minimum atomic E-state index is -3.46. The molecule has 0 radical (unpaired) electrons. The molecule has 11 heteroatoms. The number of hydrogen-bond acceptors (Lipinski definition) is 7. The molecule has 1 aliphatic heterocycles. The molecule has 3 N–H and O–H groups in total. The predicted molar refractivity (Wildman–Crippen MR) is 126 cm³/mol. The number of hydrogen-bond donors (Lipinski definition) is 3. The zero-order valence-corrected chi connectivity index (χ0v) is 20.0. The summed E-state index contributed by atoms with van der Waals surface area (Å²) in [6.45, 7) is 0.825. The number of amides is 2. The molecule has 0 unspecified atom stereocenters. The van der Waals surface area contributed by atoms with E-state index in [1.807, 2.05) is 4.90 Å². The van der Waals surface area contributed by atoms with Crippen molar-refractivity contribution in [1.29, 1.82) is 0 Å². The molecular weight excluding hydrogens is 470 g/mol. The fourth-order valence-electron chi connectivity index (χ4n) is 3.58. The van der Waals surface area contributed by atoms with Gasteiger partial charge < -0.3 is 25.2 Å². The third-order valence-electron chi connectivity index (χ3n) is 5.56. The van der Waals surface area contributed by atoms with Gasteiger partial charge in [-0.1, -0.05) is 11.6 Å². The minimum absolute atomic E-state index is 0.135. The van der Waals surface area contributed by atoms with Crippen LogP contribution in [0, 0.1) is 0 Å². The Morgan fingerprint density at radius 3 is 2.30 bits per heavy atom.